The Balaban J connectivity index is 2.08. The number of ether oxygens (including phenoxy) is 1. The number of amides is 1. The molecule has 0 bridgehead atoms. The van der Waals surface area contributed by atoms with E-state index < -0.39 is 44.6 Å². The number of sulfone groups is 1. The van der Waals surface area contributed by atoms with Crippen molar-refractivity contribution in [1.29, 1.82) is 5.26 Å². The average Bonchev–Trinajstić information content (AvgIpc) is 2.73. The number of alkyl halides is 3. The zero-order valence-electron chi connectivity index (χ0n) is 17.9. The van der Waals surface area contributed by atoms with Gasteiger partial charge in [-0.25, -0.2) is 13.4 Å². The molecule has 1 amide bonds. The van der Waals surface area contributed by atoms with Gasteiger partial charge in [0.1, 0.15) is 17.3 Å². The van der Waals surface area contributed by atoms with Crippen molar-refractivity contribution in [2.24, 2.45) is 0 Å². The lowest BCUT2D eigenvalue weighted by Gasteiger charge is -2.16. The Hall–Kier alpha value is -4.05. The number of rotatable bonds is 5. The summed E-state index contributed by atoms with van der Waals surface area (Å²) in [6.45, 7) is 2.53. The Morgan fingerprint density at radius 3 is 2.44 bits per heavy atom. The van der Waals surface area contributed by atoms with Gasteiger partial charge in [-0.1, -0.05) is 6.07 Å². The molecule has 0 fully saturated rings. The normalized spacial score (nSPS) is 11.6. The zero-order chi connectivity index (χ0) is 25.3. The van der Waals surface area contributed by atoms with E-state index in [0.717, 1.165) is 19.2 Å². The highest BCUT2D eigenvalue weighted by Gasteiger charge is 2.38. The Kier molecular flexibility index (Phi) is 6.56. The maximum absolute atomic E-state index is 13.4. The first kappa shape index (κ1) is 24.6. The van der Waals surface area contributed by atoms with Gasteiger partial charge in [0.15, 0.2) is 21.3 Å². The van der Waals surface area contributed by atoms with Gasteiger partial charge in [0.05, 0.1) is 10.6 Å². The molecule has 3 rings (SSSR count). The summed E-state index contributed by atoms with van der Waals surface area (Å²) < 4.78 is 69.4. The fraction of sp³-hybridized carbons (Fsp3) is 0.190. The molecule has 0 radical (unpaired) electrons. The lowest BCUT2D eigenvalue weighted by Crippen LogP contribution is -2.21. The van der Waals surface area contributed by atoms with Crippen LogP contribution in [-0.2, 0) is 16.0 Å². The fourth-order valence-electron chi connectivity index (χ4n) is 2.93. The molecular weight excluding hydrogens is 475 g/mol. The second-order valence-corrected chi connectivity index (χ2v) is 9.12. The van der Waals surface area contributed by atoms with Gasteiger partial charge in [-0.2, -0.15) is 18.4 Å². The summed E-state index contributed by atoms with van der Waals surface area (Å²) in [5.74, 6) is -1.52. The van der Waals surface area contributed by atoms with Crippen LogP contribution in [0.2, 0.25) is 0 Å². The number of carbonyl (C=O) groups is 1. The number of anilines is 1. The number of nitriles is 1. The van der Waals surface area contributed by atoms with Crippen LogP contribution in [0.1, 0.15) is 33.0 Å². The van der Waals surface area contributed by atoms with Crippen molar-refractivity contribution in [1.82, 2.24) is 15.2 Å². The minimum atomic E-state index is -4.90. The molecule has 0 spiro atoms. The molecule has 2 heterocycles. The number of aryl methyl sites for hydroxylation is 1. The van der Waals surface area contributed by atoms with Crippen molar-refractivity contribution in [3.05, 3.63) is 64.6 Å². The van der Waals surface area contributed by atoms with E-state index in [-0.39, 0.29) is 27.7 Å². The number of carbonyl (C=O) groups excluding carboxylic acids is 1. The van der Waals surface area contributed by atoms with Crippen LogP contribution in [-0.4, -0.2) is 35.8 Å². The number of halogens is 3. The van der Waals surface area contributed by atoms with Gasteiger partial charge in [0, 0.05) is 11.9 Å². The van der Waals surface area contributed by atoms with Gasteiger partial charge in [-0.05, 0) is 49.7 Å². The summed E-state index contributed by atoms with van der Waals surface area (Å²) >= 11 is 0. The summed E-state index contributed by atoms with van der Waals surface area (Å²) in [7, 11) is -3.60. The van der Waals surface area contributed by atoms with Crippen LogP contribution in [0.25, 0.3) is 0 Å². The zero-order valence-corrected chi connectivity index (χ0v) is 18.7. The Bertz CT molecular complexity index is 1430. The number of hydrogen-bond acceptors (Lipinski definition) is 8. The van der Waals surface area contributed by atoms with Crippen LogP contribution in [0, 0.1) is 25.2 Å². The maximum Gasteiger partial charge on any atom is 0.435 e. The molecule has 2 aromatic heterocycles. The van der Waals surface area contributed by atoms with Crippen LogP contribution in [0.3, 0.4) is 0 Å². The Labute approximate surface area is 192 Å². The topological polar surface area (TPSA) is 135 Å². The molecule has 13 heteroatoms. The van der Waals surface area contributed by atoms with E-state index >= 15 is 0 Å². The molecule has 0 atom stereocenters. The SMILES string of the molecule is Cc1nc(C#N)ccc1Oc1nnc(C(F)(F)F)c(C)c1C(=O)Nc1cccc(S(C)(=O)=O)c1. The number of benzene rings is 1. The van der Waals surface area contributed by atoms with Crippen molar-refractivity contribution in [3.8, 4) is 17.7 Å². The van der Waals surface area contributed by atoms with E-state index in [9.17, 15) is 26.4 Å². The lowest BCUT2D eigenvalue weighted by atomic mass is 10.1. The second-order valence-electron chi connectivity index (χ2n) is 7.10. The van der Waals surface area contributed by atoms with Crippen molar-refractivity contribution in [2.45, 2.75) is 24.9 Å². The molecule has 0 aliphatic rings. The van der Waals surface area contributed by atoms with Crippen LogP contribution >= 0.6 is 0 Å². The minimum Gasteiger partial charge on any atom is -0.435 e. The van der Waals surface area contributed by atoms with E-state index in [1.165, 1.54) is 37.3 Å². The highest BCUT2D eigenvalue weighted by atomic mass is 32.2. The average molecular weight is 491 g/mol. The smallest absolute Gasteiger partial charge is 0.435 e. The Morgan fingerprint density at radius 1 is 1.15 bits per heavy atom. The molecule has 9 nitrogen and oxygen atoms in total. The largest absolute Gasteiger partial charge is 0.435 e. The highest BCUT2D eigenvalue weighted by Crippen LogP contribution is 2.35. The van der Waals surface area contributed by atoms with Gasteiger partial charge in [-0.15, -0.1) is 10.2 Å². The summed E-state index contributed by atoms with van der Waals surface area (Å²) in [5.41, 5.74) is -2.15. The van der Waals surface area contributed by atoms with Crippen molar-refractivity contribution < 1.29 is 31.1 Å². The van der Waals surface area contributed by atoms with Gasteiger partial charge < -0.3 is 10.1 Å². The summed E-state index contributed by atoms with van der Waals surface area (Å²) in [4.78, 5) is 16.9. The van der Waals surface area contributed by atoms with E-state index in [1.807, 2.05) is 6.07 Å². The molecule has 0 saturated heterocycles. The number of aromatic nitrogens is 3. The molecule has 0 aliphatic heterocycles. The van der Waals surface area contributed by atoms with Gasteiger partial charge in [-0.3, -0.25) is 4.79 Å². The third-order valence-electron chi connectivity index (χ3n) is 4.56. The lowest BCUT2D eigenvalue weighted by molar-refractivity contribution is -0.142. The number of nitrogens with zero attached hydrogens (tertiary/aromatic N) is 4. The van der Waals surface area contributed by atoms with Gasteiger partial charge >= 0.3 is 6.18 Å². The first-order valence-electron chi connectivity index (χ1n) is 9.43. The molecule has 34 heavy (non-hydrogen) atoms. The second kappa shape index (κ2) is 9.06. The highest BCUT2D eigenvalue weighted by molar-refractivity contribution is 7.90. The summed E-state index contributed by atoms with van der Waals surface area (Å²) in [6.07, 6.45) is -3.92. The fourth-order valence-corrected chi connectivity index (χ4v) is 3.59. The number of hydrogen-bond donors (Lipinski definition) is 1. The molecule has 0 aliphatic carbocycles. The molecule has 0 saturated carbocycles. The van der Waals surface area contributed by atoms with E-state index in [1.54, 1.807) is 0 Å². The van der Waals surface area contributed by atoms with Crippen LogP contribution in [0.4, 0.5) is 18.9 Å². The molecule has 176 valence electrons. The maximum atomic E-state index is 13.4. The monoisotopic (exact) mass is 491 g/mol. The van der Waals surface area contributed by atoms with Gasteiger partial charge in [0.2, 0.25) is 0 Å². The minimum absolute atomic E-state index is 0.0277. The van der Waals surface area contributed by atoms with Crippen molar-refractivity contribution in [2.75, 3.05) is 11.6 Å². The van der Waals surface area contributed by atoms with Crippen molar-refractivity contribution >= 4 is 21.4 Å². The van der Waals surface area contributed by atoms with Crippen molar-refractivity contribution in [3.63, 3.8) is 0 Å². The first-order chi connectivity index (χ1) is 15.8. The van der Waals surface area contributed by atoms with E-state index in [2.05, 4.69) is 20.5 Å². The molecule has 1 aromatic carbocycles. The third kappa shape index (κ3) is 5.29. The van der Waals surface area contributed by atoms with Crippen LogP contribution in [0.5, 0.6) is 11.6 Å². The van der Waals surface area contributed by atoms with Gasteiger partial charge in [0.25, 0.3) is 11.8 Å². The Morgan fingerprint density at radius 2 is 1.85 bits per heavy atom. The summed E-state index contributed by atoms with van der Waals surface area (Å²) in [6, 6.07) is 9.73. The molecule has 0 unspecified atom stereocenters. The standard InChI is InChI=1S/C21H16F3N5O4S/c1-11-17(19(30)27-13-5-4-6-15(9-13)34(3,31)32)20(29-28-18(11)21(22,23)24)33-16-8-7-14(10-25)26-12(16)2/h4-9H,1-3H3,(H,27,30). The predicted octanol–water partition coefficient (Wildman–Crippen LogP) is 3.83. The van der Waals surface area contributed by atoms with E-state index in [4.69, 9.17) is 10.00 Å². The first-order valence-corrected chi connectivity index (χ1v) is 11.3. The molecule has 3 aromatic rings. The molecule has 1 N–H and O–H groups in total. The number of nitrogens with one attached hydrogen (secondary N) is 1. The molecular formula is C21H16F3N5O4S. The predicted molar refractivity (Wildman–Crippen MR) is 113 cm³/mol. The quantitative estimate of drug-likeness (QED) is 0.569. The third-order valence-corrected chi connectivity index (χ3v) is 5.67. The van der Waals surface area contributed by atoms with Crippen LogP contribution < -0.4 is 10.1 Å². The number of pyridine rings is 1. The van der Waals surface area contributed by atoms with Crippen LogP contribution in [0.15, 0.2) is 41.3 Å². The van der Waals surface area contributed by atoms with E-state index in [0.29, 0.717) is 0 Å². The summed E-state index contributed by atoms with van der Waals surface area (Å²) in [5, 5.41) is 17.9.